The van der Waals surface area contributed by atoms with Crippen LogP contribution < -0.4 is 0 Å². The van der Waals surface area contributed by atoms with Crippen LogP contribution in [-0.2, 0) is 0 Å². The molecule has 2 aliphatic carbocycles. The van der Waals surface area contributed by atoms with Gasteiger partial charge >= 0.3 is 0 Å². The molecule has 0 heteroatoms. The fraction of sp³-hybridized carbons (Fsp3) is 1.00. The van der Waals surface area contributed by atoms with E-state index in [0.717, 1.165) is 5.92 Å². The van der Waals surface area contributed by atoms with Crippen molar-refractivity contribution >= 4 is 0 Å². The fourth-order valence-corrected chi connectivity index (χ4v) is 2.70. The van der Waals surface area contributed by atoms with Crippen molar-refractivity contribution in [3.63, 3.8) is 0 Å². The van der Waals surface area contributed by atoms with Gasteiger partial charge in [0.2, 0.25) is 0 Å². The number of hydrogen-bond acceptors (Lipinski definition) is 0. The average molecular weight is 152 g/mol. The molecule has 2 unspecified atom stereocenters. The van der Waals surface area contributed by atoms with Gasteiger partial charge in [-0.25, -0.2) is 0 Å². The van der Waals surface area contributed by atoms with Gasteiger partial charge in [0, 0.05) is 0 Å². The molecule has 0 aromatic rings. The normalized spacial score (nSPS) is 41.7. The second-order valence-electron chi connectivity index (χ2n) is 4.58. The highest BCUT2D eigenvalue weighted by Gasteiger charge is 2.41. The zero-order valence-electron chi connectivity index (χ0n) is 7.68. The second-order valence-corrected chi connectivity index (χ2v) is 4.58. The third-order valence-electron chi connectivity index (χ3n) is 3.62. The minimum atomic E-state index is 1.12. The first-order valence-electron chi connectivity index (χ1n) is 5.40. The SMILES string of the molecule is CCCCC1CC[C@H]2CC2C1. The molecule has 0 spiro atoms. The third-order valence-corrected chi connectivity index (χ3v) is 3.62. The fourth-order valence-electron chi connectivity index (χ4n) is 2.70. The molecule has 0 N–H and O–H groups in total. The molecular weight excluding hydrogens is 132 g/mol. The Labute approximate surface area is 70.4 Å². The van der Waals surface area contributed by atoms with Crippen LogP contribution >= 0.6 is 0 Å². The summed E-state index contributed by atoms with van der Waals surface area (Å²) in [6.07, 6.45) is 10.7. The van der Waals surface area contributed by atoms with Crippen molar-refractivity contribution in [1.29, 1.82) is 0 Å². The Balaban J connectivity index is 1.68. The Kier molecular flexibility index (Phi) is 2.20. The molecule has 0 radical (unpaired) electrons. The molecule has 2 rings (SSSR count). The van der Waals surface area contributed by atoms with Crippen LogP contribution in [0.1, 0.15) is 51.9 Å². The van der Waals surface area contributed by atoms with E-state index in [1.807, 2.05) is 0 Å². The molecule has 0 aliphatic heterocycles. The first-order chi connectivity index (χ1) is 5.40. The monoisotopic (exact) mass is 152 g/mol. The van der Waals surface area contributed by atoms with E-state index >= 15 is 0 Å². The van der Waals surface area contributed by atoms with Crippen LogP contribution in [0.3, 0.4) is 0 Å². The van der Waals surface area contributed by atoms with Crippen molar-refractivity contribution < 1.29 is 0 Å². The highest BCUT2D eigenvalue weighted by atomic mass is 14.5. The largest absolute Gasteiger partial charge is 0.0654 e. The van der Waals surface area contributed by atoms with E-state index in [-0.39, 0.29) is 0 Å². The molecule has 2 fully saturated rings. The molecule has 0 aromatic heterocycles. The van der Waals surface area contributed by atoms with E-state index in [0.29, 0.717) is 0 Å². The van der Waals surface area contributed by atoms with Crippen LogP contribution in [0.5, 0.6) is 0 Å². The first-order valence-corrected chi connectivity index (χ1v) is 5.40. The molecule has 0 heterocycles. The Morgan fingerprint density at radius 2 is 2.00 bits per heavy atom. The van der Waals surface area contributed by atoms with Crippen molar-refractivity contribution in [2.75, 3.05) is 0 Å². The van der Waals surface area contributed by atoms with Gasteiger partial charge in [0.05, 0.1) is 0 Å². The first kappa shape index (κ1) is 7.64. The Bertz CT molecular complexity index is 128. The maximum atomic E-state index is 2.31. The molecule has 11 heavy (non-hydrogen) atoms. The number of rotatable bonds is 3. The summed E-state index contributed by atoms with van der Waals surface area (Å²) < 4.78 is 0. The van der Waals surface area contributed by atoms with Crippen LogP contribution in [0.4, 0.5) is 0 Å². The van der Waals surface area contributed by atoms with Gasteiger partial charge in [-0.15, -0.1) is 0 Å². The summed E-state index contributed by atoms with van der Waals surface area (Å²) in [6.45, 7) is 2.31. The summed E-state index contributed by atoms with van der Waals surface area (Å²) in [4.78, 5) is 0. The van der Waals surface area contributed by atoms with E-state index in [4.69, 9.17) is 0 Å². The smallest absolute Gasteiger partial charge is 0.0380 e. The third kappa shape index (κ3) is 1.77. The second kappa shape index (κ2) is 3.16. The molecule has 0 saturated heterocycles. The van der Waals surface area contributed by atoms with Gasteiger partial charge in [-0.3, -0.25) is 0 Å². The van der Waals surface area contributed by atoms with Crippen molar-refractivity contribution in [1.82, 2.24) is 0 Å². The molecule has 2 aliphatic rings. The topological polar surface area (TPSA) is 0 Å². The summed E-state index contributed by atoms with van der Waals surface area (Å²) in [6, 6.07) is 0. The van der Waals surface area contributed by atoms with Gasteiger partial charge in [-0.05, 0) is 37.0 Å². The standard InChI is InChI=1S/C11H20/c1-2-3-4-9-5-6-10-8-11(10)7-9/h9-11H,2-8H2,1H3/t9?,10-,11?/m0/s1. The highest BCUT2D eigenvalue weighted by Crippen LogP contribution is 2.52. The van der Waals surface area contributed by atoms with Gasteiger partial charge in [0.25, 0.3) is 0 Å². The van der Waals surface area contributed by atoms with Crippen molar-refractivity contribution in [2.24, 2.45) is 17.8 Å². The van der Waals surface area contributed by atoms with Crippen molar-refractivity contribution in [3.8, 4) is 0 Å². The van der Waals surface area contributed by atoms with Gasteiger partial charge in [0.15, 0.2) is 0 Å². The number of fused-ring (bicyclic) bond motifs is 1. The Morgan fingerprint density at radius 3 is 2.73 bits per heavy atom. The molecular formula is C11H20. The lowest BCUT2D eigenvalue weighted by atomic mass is 9.86. The van der Waals surface area contributed by atoms with Crippen LogP contribution in [0.2, 0.25) is 0 Å². The molecule has 0 amide bonds. The molecule has 0 aromatic carbocycles. The quantitative estimate of drug-likeness (QED) is 0.579. The van der Waals surface area contributed by atoms with Crippen molar-refractivity contribution in [3.05, 3.63) is 0 Å². The zero-order valence-corrected chi connectivity index (χ0v) is 7.68. The summed E-state index contributed by atoms with van der Waals surface area (Å²) >= 11 is 0. The van der Waals surface area contributed by atoms with Crippen molar-refractivity contribution in [2.45, 2.75) is 51.9 Å². The predicted molar refractivity (Wildman–Crippen MR) is 48.5 cm³/mol. The molecule has 2 saturated carbocycles. The lowest BCUT2D eigenvalue weighted by Gasteiger charge is -2.20. The molecule has 3 atom stereocenters. The van der Waals surface area contributed by atoms with E-state index in [2.05, 4.69) is 6.92 Å². The lowest BCUT2D eigenvalue weighted by Crippen LogP contribution is -2.07. The molecule has 0 nitrogen and oxygen atoms in total. The maximum absolute atomic E-state index is 2.31. The summed E-state index contributed by atoms with van der Waals surface area (Å²) in [7, 11) is 0. The minimum absolute atomic E-state index is 1.12. The van der Waals surface area contributed by atoms with Crippen LogP contribution in [0.25, 0.3) is 0 Å². The molecule has 0 bridgehead atoms. The number of hydrogen-bond donors (Lipinski definition) is 0. The van der Waals surface area contributed by atoms with Gasteiger partial charge in [-0.1, -0.05) is 32.6 Å². The summed E-state index contributed by atoms with van der Waals surface area (Å²) in [5.41, 5.74) is 0. The lowest BCUT2D eigenvalue weighted by molar-refractivity contribution is 0.318. The van der Waals surface area contributed by atoms with Crippen LogP contribution in [0, 0.1) is 17.8 Å². The highest BCUT2D eigenvalue weighted by molar-refractivity contribution is 4.92. The Hall–Kier alpha value is 0. The van der Waals surface area contributed by atoms with E-state index in [1.54, 1.807) is 25.7 Å². The van der Waals surface area contributed by atoms with Gasteiger partial charge in [-0.2, -0.15) is 0 Å². The summed E-state index contributed by atoms with van der Waals surface area (Å²) in [5.74, 6) is 3.50. The summed E-state index contributed by atoms with van der Waals surface area (Å²) in [5, 5.41) is 0. The average Bonchev–Trinajstić information content (AvgIpc) is 2.78. The van der Waals surface area contributed by atoms with E-state index in [9.17, 15) is 0 Å². The van der Waals surface area contributed by atoms with E-state index in [1.165, 1.54) is 31.1 Å². The molecule has 64 valence electrons. The van der Waals surface area contributed by atoms with Gasteiger partial charge in [0.1, 0.15) is 0 Å². The minimum Gasteiger partial charge on any atom is -0.0654 e. The van der Waals surface area contributed by atoms with Crippen LogP contribution in [-0.4, -0.2) is 0 Å². The Morgan fingerprint density at radius 1 is 1.09 bits per heavy atom. The zero-order chi connectivity index (χ0) is 7.68. The van der Waals surface area contributed by atoms with Crippen LogP contribution in [0.15, 0.2) is 0 Å². The van der Waals surface area contributed by atoms with Gasteiger partial charge < -0.3 is 0 Å². The maximum Gasteiger partial charge on any atom is -0.0380 e. The van der Waals surface area contributed by atoms with E-state index < -0.39 is 0 Å². The number of unbranched alkanes of at least 4 members (excludes halogenated alkanes) is 1. The predicted octanol–water partition coefficient (Wildman–Crippen LogP) is 3.61.